The Morgan fingerprint density at radius 1 is 0.561 bits per heavy atom. The van der Waals surface area contributed by atoms with E-state index in [1.165, 1.54) is 23.1 Å². The lowest BCUT2D eigenvalue weighted by atomic mass is 9.69. The lowest BCUT2D eigenvalue weighted by Gasteiger charge is -2.35. The van der Waals surface area contributed by atoms with Crippen molar-refractivity contribution in [3.8, 4) is 0 Å². The van der Waals surface area contributed by atoms with Crippen LogP contribution in [0.2, 0.25) is 0 Å². The zero-order chi connectivity index (χ0) is 30.4. The summed E-state index contributed by atoms with van der Waals surface area (Å²) in [7, 11) is 0. The summed E-state index contributed by atoms with van der Waals surface area (Å²) in [6, 6.07) is 12.0. The average molecular weight is 561 g/mol. The summed E-state index contributed by atoms with van der Waals surface area (Å²) in [4.78, 5) is 28.1. The van der Waals surface area contributed by atoms with Gasteiger partial charge in [-0.05, 0) is 109 Å². The summed E-state index contributed by atoms with van der Waals surface area (Å²) in [5, 5.41) is 0. The van der Waals surface area contributed by atoms with Gasteiger partial charge in [-0.1, -0.05) is 111 Å². The van der Waals surface area contributed by atoms with Gasteiger partial charge in [0, 0.05) is 12.0 Å². The summed E-state index contributed by atoms with van der Waals surface area (Å²) in [6.45, 7) is 18.4. The molecule has 2 aromatic rings. The van der Waals surface area contributed by atoms with Gasteiger partial charge >= 0.3 is 0 Å². The van der Waals surface area contributed by atoms with E-state index < -0.39 is 0 Å². The molecule has 0 aliphatic carbocycles. The summed E-state index contributed by atoms with van der Waals surface area (Å²) in [5.74, 6) is 1.06. The molecule has 2 nitrogen and oxygen atoms in total. The van der Waals surface area contributed by atoms with Crippen LogP contribution in [0.1, 0.15) is 194 Å². The number of Topliss-reactive ketones (excluding diaryl/α,β-unsaturated/α-hetero) is 2. The Balaban J connectivity index is 3.06. The van der Waals surface area contributed by atoms with E-state index in [2.05, 4.69) is 61.5 Å². The molecule has 0 saturated heterocycles. The molecule has 0 aromatic heterocycles. The third-order valence-corrected chi connectivity index (χ3v) is 9.37. The Labute approximate surface area is 253 Å². The summed E-state index contributed by atoms with van der Waals surface area (Å²) < 4.78 is 0. The number of carbonyl (C=O) groups excluding carboxylic acids is 2. The average Bonchev–Trinajstić information content (AvgIpc) is 2.99. The van der Waals surface area contributed by atoms with Crippen LogP contribution in [0.3, 0.4) is 0 Å². The molecule has 0 heterocycles. The highest BCUT2D eigenvalue weighted by molar-refractivity contribution is 6.44. The molecule has 0 spiro atoms. The first-order chi connectivity index (χ1) is 19.9. The number of carbonyl (C=O) groups is 2. The quantitative estimate of drug-likeness (QED) is 0.119. The maximum Gasteiger partial charge on any atom is 0.229 e. The molecule has 0 aliphatic heterocycles. The third kappa shape index (κ3) is 8.89. The molecule has 41 heavy (non-hydrogen) atoms. The highest BCUT2D eigenvalue weighted by Crippen LogP contribution is 2.47. The molecule has 0 aliphatic rings. The predicted octanol–water partition coefficient (Wildman–Crippen LogP) is 11.9. The first-order valence-electron chi connectivity index (χ1n) is 17.2. The van der Waals surface area contributed by atoms with Crippen molar-refractivity contribution in [2.24, 2.45) is 0 Å². The van der Waals surface area contributed by atoms with E-state index in [0.717, 1.165) is 81.8 Å². The minimum absolute atomic E-state index is 0.169. The number of hydrogen-bond donors (Lipinski definition) is 0. The van der Waals surface area contributed by atoms with Crippen molar-refractivity contribution >= 4 is 11.6 Å². The molecule has 2 aromatic carbocycles. The maximum atomic E-state index is 14.4. The summed E-state index contributed by atoms with van der Waals surface area (Å²) >= 11 is 0. The lowest BCUT2D eigenvalue weighted by Crippen LogP contribution is -2.24. The molecule has 0 bridgehead atoms. The van der Waals surface area contributed by atoms with Crippen LogP contribution in [-0.4, -0.2) is 11.6 Å². The Kier molecular flexibility index (Phi) is 15.7. The van der Waals surface area contributed by atoms with Gasteiger partial charge in [-0.3, -0.25) is 9.59 Å². The van der Waals surface area contributed by atoms with Gasteiger partial charge in [0.2, 0.25) is 11.6 Å². The van der Waals surface area contributed by atoms with E-state index in [1.807, 2.05) is 30.3 Å². The Morgan fingerprint density at radius 2 is 1.00 bits per heavy atom. The third-order valence-electron chi connectivity index (χ3n) is 9.37. The number of hydrogen-bond acceptors (Lipinski definition) is 2. The van der Waals surface area contributed by atoms with E-state index in [9.17, 15) is 9.59 Å². The van der Waals surface area contributed by atoms with Crippen molar-refractivity contribution in [3.05, 3.63) is 69.8 Å². The second kappa shape index (κ2) is 18.3. The van der Waals surface area contributed by atoms with E-state index in [0.29, 0.717) is 23.7 Å². The molecule has 228 valence electrons. The number of benzene rings is 2. The van der Waals surface area contributed by atoms with Crippen LogP contribution in [0.15, 0.2) is 36.4 Å². The van der Waals surface area contributed by atoms with E-state index in [1.54, 1.807) is 5.56 Å². The zero-order valence-corrected chi connectivity index (χ0v) is 27.8. The highest BCUT2D eigenvalue weighted by atomic mass is 16.2. The second-order valence-corrected chi connectivity index (χ2v) is 12.2. The molecule has 2 rings (SSSR count). The van der Waals surface area contributed by atoms with Crippen molar-refractivity contribution in [3.63, 3.8) is 0 Å². The van der Waals surface area contributed by atoms with Gasteiger partial charge < -0.3 is 0 Å². The molecule has 0 N–H and O–H groups in total. The van der Waals surface area contributed by atoms with Gasteiger partial charge in [0.25, 0.3) is 0 Å². The first-order valence-corrected chi connectivity index (χ1v) is 17.2. The predicted molar refractivity (Wildman–Crippen MR) is 178 cm³/mol. The smallest absolute Gasteiger partial charge is 0.229 e. The fourth-order valence-corrected chi connectivity index (χ4v) is 7.26. The van der Waals surface area contributed by atoms with Crippen molar-refractivity contribution < 1.29 is 9.59 Å². The van der Waals surface area contributed by atoms with Crippen LogP contribution < -0.4 is 0 Å². The Bertz CT molecular complexity index is 1070. The van der Waals surface area contributed by atoms with Gasteiger partial charge in [-0.25, -0.2) is 0 Å². The largest absolute Gasteiger partial charge is 0.290 e. The SMILES string of the molecule is CCCC(CC)c1cc(C(=O)C(=O)Cc2ccccc2)c(C(CC)CCC)c(C(CC)CCC)c1C(CC)CCC. The lowest BCUT2D eigenvalue weighted by molar-refractivity contribution is -0.114. The highest BCUT2D eigenvalue weighted by Gasteiger charge is 2.34. The molecule has 4 atom stereocenters. The van der Waals surface area contributed by atoms with E-state index in [4.69, 9.17) is 0 Å². The monoisotopic (exact) mass is 560 g/mol. The van der Waals surface area contributed by atoms with Crippen LogP contribution >= 0.6 is 0 Å². The fraction of sp³-hybridized carbons (Fsp3) is 0.641. The van der Waals surface area contributed by atoms with Crippen molar-refractivity contribution in [1.29, 1.82) is 0 Å². The molecule has 4 unspecified atom stereocenters. The minimum atomic E-state index is -0.277. The van der Waals surface area contributed by atoms with E-state index in [-0.39, 0.29) is 18.0 Å². The van der Waals surface area contributed by atoms with Crippen molar-refractivity contribution in [1.82, 2.24) is 0 Å². The maximum absolute atomic E-state index is 14.4. The molecular formula is C39H60O2. The number of rotatable bonds is 20. The normalized spacial score (nSPS) is 14.4. The van der Waals surface area contributed by atoms with Crippen LogP contribution in [-0.2, 0) is 11.2 Å². The topological polar surface area (TPSA) is 34.1 Å². The van der Waals surface area contributed by atoms with Crippen LogP contribution in [0.25, 0.3) is 0 Å². The molecule has 0 fully saturated rings. The summed E-state index contributed by atoms with van der Waals surface area (Å²) in [5.41, 5.74) is 7.29. The van der Waals surface area contributed by atoms with Gasteiger partial charge in [0.1, 0.15) is 0 Å². The van der Waals surface area contributed by atoms with E-state index >= 15 is 0 Å². The van der Waals surface area contributed by atoms with Crippen molar-refractivity contribution in [2.45, 2.75) is 163 Å². The molecule has 0 saturated carbocycles. The fourth-order valence-electron chi connectivity index (χ4n) is 7.26. The van der Waals surface area contributed by atoms with Crippen LogP contribution in [0, 0.1) is 0 Å². The van der Waals surface area contributed by atoms with Gasteiger partial charge in [0.05, 0.1) is 0 Å². The standard InChI is InChI=1S/C39H60O2/c1-9-20-29(13-5)33-27-34(39(41)35(40)26-28-24-18-17-19-25-28)37(31(15-7)22-11-3)38(32(16-8)23-12-4)36(33)30(14-6)21-10-2/h17-19,24-25,27,29-32H,9-16,20-23,26H2,1-8H3. The molecule has 2 heteroatoms. The van der Waals surface area contributed by atoms with Crippen LogP contribution in [0.4, 0.5) is 0 Å². The van der Waals surface area contributed by atoms with Gasteiger partial charge in [-0.2, -0.15) is 0 Å². The Hall–Kier alpha value is -2.22. The van der Waals surface area contributed by atoms with Crippen molar-refractivity contribution in [2.75, 3.05) is 0 Å². The van der Waals surface area contributed by atoms with Gasteiger partial charge in [-0.15, -0.1) is 0 Å². The van der Waals surface area contributed by atoms with Gasteiger partial charge in [0.15, 0.2) is 0 Å². The zero-order valence-electron chi connectivity index (χ0n) is 27.8. The Morgan fingerprint density at radius 3 is 1.46 bits per heavy atom. The molecular weight excluding hydrogens is 500 g/mol. The van der Waals surface area contributed by atoms with Crippen LogP contribution in [0.5, 0.6) is 0 Å². The molecule has 0 radical (unpaired) electrons. The minimum Gasteiger partial charge on any atom is -0.290 e. The number of ketones is 2. The second-order valence-electron chi connectivity index (χ2n) is 12.2. The summed E-state index contributed by atoms with van der Waals surface area (Å²) in [6.07, 6.45) is 13.3. The first kappa shape index (κ1) is 35.0. The molecule has 0 amide bonds.